The van der Waals surface area contributed by atoms with Gasteiger partial charge >= 0.3 is 0 Å². The van der Waals surface area contributed by atoms with Gasteiger partial charge in [0.05, 0.1) is 11.7 Å². The van der Waals surface area contributed by atoms with Crippen LogP contribution in [0.3, 0.4) is 0 Å². The third-order valence-corrected chi connectivity index (χ3v) is 4.47. The van der Waals surface area contributed by atoms with Gasteiger partial charge in [-0.1, -0.05) is 30.3 Å². The summed E-state index contributed by atoms with van der Waals surface area (Å²) in [6, 6.07) is 11.7. The van der Waals surface area contributed by atoms with Crippen LogP contribution in [0.4, 0.5) is 0 Å². The summed E-state index contributed by atoms with van der Waals surface area (Å²) >= 11 is 1.48. The molecular formula is C16H15N3O2S. The number of carbonyl (C=O) groups excluding carboxylic acids is 1. The summed E-state index contributed by atoms with van der Waals surface area (Å²) < 4.78 is 1.35. The number of rotatable bonds is 3. The first-order valence-electron chi connectivity index (χ1n) is 6.81. The van der Waals surface area contributed by atoms with Gasteiger partial charge < -0.3 is 4.90 Å². The molecule has 22 heavy (non-hydrogen) atoms. The molecule has 0 radical (unpaired) electrons. The van der Waals surface area contributed by atoms with E-state index in [2.05, 4.69) is 4.98 Å². The lowest BCUT2D eigenvalue weighted by atomic mass is 10.2. The summed E-state index contributed by atoms with van der Waals surface area (Å²) in [5.74, 6) is -0.137. The number of aromatic nitrogens is 2. The van der Waals surface area contributed by atoms with E-state index in [1.165, 1.54) is 27.1 Å². The molecule has 0 fully saturated rings. The minimum atomic E-state index is -0.182. The van der Waals surface area contributed by atoms with Gasteiger partial charge in [0.1, 0.15) is 11.4 Å². The van der Waals surface area contributed by atoms with E-state index in [1.54, 1.807) is 14.1 Å². The molecule has 2 aromatic heterocycles. The van der Waals surface area contributed by atoms with Crippen LogP contribution in [0, 0.1) is 0 Å². The maximum Gasteiger partial charge on any atom is 0.262 e. The normalized spacial score (nSPS) is 10.8. The molecule has 0 saturated heterocycles. The van der Waals surface area contributed by atoms with E-state index in [-0.39, 0.29) is 18.0 Å². The first kappa shape index (κ1) is 14.5. The lowest BCUT2D eigenvalue weighted by Crippen LogP contribution is -2.31. The van der Waals surface area contributed by atoms with Crippen molar-refractivity contribution in [3.8, 4) is 10.4 Å². The van der Waals surface area contributed by atoms with E-state index < -0.39 is 0 Å². The van der Waals surface area contributed by atoms with Crippen molar-refractivity contribution in [3.05, 3.63) is 53.1 Å². The minimum absolute atomic E-state index is 0.00525. The molecule has 5 nitrogen and oxygen atoms in total. The molecule has 2 heterocycles. The van der Waals surface area contributed by atoms with Crippen molar-refractivity contribution in [2.75, 3.05) is 14.1 Å². The van der Waals surface area contributed by atoms with E-state index in [9.17, 15) is 9.59 Å². The quantitative estimate of drug-likeness (QED) is 0.745. The van der Waals surface area contributed by atoms with E-state index in [0.29, 0.717) is 10.2 Å². The Balaban J connectivity index is 2.05. The largest absolute Gasteiger partial charge is 0.347 e. The predicted molar refractivity (Wildman–Crippen MR) is 88.0 cm³/mol. The molecule has 0 saturated carbocycles. The standard InChI is InChI=1S/C16H15N3O2S/c1-18(2)14(20)9-19-10-17-15-12(16(19)21)8-13(22-15)11-6-4-3-5-7-11/h3-8,10H,9H2,1-2H3. The van der Waals surface area contributed by atoms with Crippen molar-refractivity contribution in [1.29, 1.82) is 0 Å². The Hall–Kier alpha value is -2.47. The number of hydrogen-bond acceptors (Lipinski definition) is 4. The van der Waals surface area contributed by atoms with Crippen molar-refractivity contribution in [2.24, 2.45) is 0 Å². The van der Waals surface area contributed by atoms with Gasteiger partial charge in [-0.3, -0.25) is 14.2 Å². The maximum absolute atomic E-state index is 12.5. The highest BCUT2D eigenvalue weighted by Gasteiger charge is 2.12. The molecular weight excluding hydrogens is 298 g/mol. The third kappa shape index (κ3) is 2.65. The molecule has 0 N–H and O–H groups in total. The van der Waals surface area contributed by atoms with Crippen LogP contribution in [-0.2, 0) is 11.3 Å². The molecule has 0 aliphatic heterocycles. The highest BCUT2D eigenvalue weighted by molar-refractivity contribution is 7.21. The molecule has 0 aliphatic carbocycles. The molecule has 112 valence electrons. The fourth-order valence-corrected chi connectivity index (χ4v) is 3.10. The topological polar surface area (TPSA) is 55.2 Å². The Morgan fingerprint density at radius 1 is 1.27 bits per heavy atom. The zero-order valence-electron chi connectivity index (χ0n) is 12.3. The molecule has 3 aromatic rings. The summed E-state index contributed by atoms with van der Waals surface area (Å²) in [6.45, 7) is 0.00525. The van der Waals surface area contributed by atoms with Crippen LogP contribution < -0.4 is 5.56 Å². The zero-order valence-corrected chi connectivity index (χ0v) is 13.1. The second-order valence-electron chi connectivity index (χ2n) is 5.16. The number of nitrogens with zero attached hydrogens (tertiary/aromatic N) is 3. The van der Waals surface area contributed by atoms with Crippen LogP contribution in [0.15, 0.2) is 47.5 Å². The fourth-order valence-electron chi connectivity index (χ4n) is 2.10. The number of amides is 1. The Morgan fingerprint density at radius 2 is 2.00 bits per heavy atom. The van der Waals surface area contributed by atoms with E-state index in [0.717, 1.165) is 10.4 Å². The van der Waals surface area contributed by atoms with Gasteiger partial charge in [-0.15, -0.1) is 11.3 Å². The van der Waals surface area contributed by atoms with Gasteiger partial charge in [-0.25, -0.2) is 4.98 Å². The highest BCUT2D eigenvalue weighted by Crippen LogP contribution is 2.30. The van der Waals surface area contributed by atoms with Gasteiger partial charge in [0, 0.05) is 19.0 Å². The Morgan fingerprint density at radius 3 is 2.68 bits per heavy atom. The molecule has 6 heteroatoms. The summed E-state index contributed by atoms with van der Waals surface area (Å²) in [6.07, 6.45) is 1.44. The number of carbonyl (C=O) groups is 1. The highest BCUT2D eigenvalue weighted by atomic mass is 32.1. The number of benzene rings is 1. The van der Waals surface area contributed by atoms with Crippen molar-refractivity contribution in [3.63, 3.8) is 0 Å². The number of hydrogen-bond donors (Lipinski definition) is 0. The van der Waals surface area contributed by atoms with Gasteiger partial charge in [0.25, 0.3) is 5.56 Å². The average Bonchev–Trinajstić information content (AvgIpc) is 2.96. The lowest BCUT2D eigenvalue weighted by molar-refractivity contribution is -0.129. The minimum Gasteiger partial charge on any atom is -0.347 e. The molecule has 1 amide bonds. The summed E-state index contributed by atoms with van der Waals surface area (Å²) in [7, 11) is 3.33. The number of likely N-dealkylation sites (N-methyl/N-ethyl adjacent to an activating group) is 1. The maximum atomic E-state index is 12.5. The van der Waals surface area contributed by atoms with Gasteiger partial charge in [0.2, 0.25) is 5.91 Å². The Kier molecular flexibility index (Phi) is 3.77. The smallest absolute Gasteiger partial charge is 0.262 e. The summed E-state index contributed by atoms with van der Waals surface area (Å²) in [5, 5.41) is 0.554. The zero-order chi connectivity index (χ0) is 15.7. The molecule has 3 rings (SSSR count). The van der Waals surface area contributed by atoms with Crippen LogP contribution in [0.2, 0.25) is 0 Å². The van der Waals surface area contributed by atoms with Crippen molar-refractivity contribution in [1.82, 2.24) is 14.5 Å². The molecule has 0 bridgehead atoms. The molecule has 0 unspecified atom stereocenters. The fraction of sp³-hybridized carbons (Fsp3) is 0.188. The van der Waals surface area contributed by atoms with Crippen LogP contribution in [0.25, 0.3) is 20.7 Å². The monoisotopic (exact) mass is 313 g/mol. The van der Waals surface area contributed by atoms with E-state index in [4.69, 9.17) is 0 Å². The van der Waals surface area contributed by atoms with Gasteiger partial charge in [-0.05, 0) is 11.6 Å². The molecule has 0 spiro atoms. The van der Waals surface area contributed by atoms with Gasteiger partial charge in [-0.2, -0.15) is 0 Å². The number of fused-ring (bicyclic) bond motifs is 1. The SMILES string of the molecule is CN(C)C(=O)Cn1cnc2sc(-c3ccccc3)cc2c1=O. The van der Waals surface area contributed by atoms with Crippen molar-refractivity contribution in [2.45, 2.75) is 6.54 Å². The molecule has 1 aromatic carbocycles. The van der Waals surface area contributed by atoms with Crippen LogP contribution in [0.1, 0.15) is 0 Å². The molecule has 0 aliphatic rings. The average molecular weight is 313 g/mol. The van der Waals surface area contributed by atoms with Crippen LogP contribution >= 0.6 is 11.3 Å². The predicted octanol–water partition coefficient (Wildman–Crippen LogP) is 2.21. The van der Waals surface area contributed by atoms with Crippen LogP contribution in [0.5, 0.6) is 0 Å². The summed E-state index contributed by atoms with van der Waals surface area (Å²) in [5.41, 5.74) is 0.874. The first-order chi connectivity index (χ1) is 10.6. The second kappa shape index (κ2) is 5.73. The Bertz CT molecular complexity index is 881. The van der Waals surface area contributed by atoms with E-state index >= 15 is 0 Å². The van der Waals surface area contributed by atoms with Gasteiger partial charge in [0.15, 0.2) is 0 Å². The van der Waals surface area contributed by atoms with Crippen LogP contribution in [-0.4, -0.2) is 34.5 Å². The lowest BCUT2D eigenvalue weighted by Gasteiger charge is -2.10. The number of thiophene rings is 1. The second-order valence-corrected chi connectivity index (χ2v) is 6.19. The first-order valence-corrected chi connectivity index (χ1v) is 7.62. The third-order valence-electron chi connectivity index (χ3n) is 3.38. The van der Waals surface area contributed by atoms with Crippen molar-refractivity contribution < 1.29 is 4.79 Å². The summed E-state index contributed by atoms with van der Waals surface area (Å²) in [4.78, 5) is 31.7. The van der Waals surface area contributed by atoms with Crippen molar-refractivity contribution >= 4 is 27.5 Å². The molecule has 0 atom stereocenters. The van der Waals surface area contributed by atoms with E-state index in [1.807, 2.05) is 36.4 Å². The Labute approximate surface area is 131 Å².